The number of hydrogen-bond donors (Lipinski definition) is 3. The van der Waals surface area contributed by atoms with Crippen LogP contribution in [0.1, 0.15) is 86.0 Å². The van der Waals surface area contributed by atoms with E-state index in [2.05, 4.69) is 47.3 Å². The summed E-state index contributed by atoms with van der Waals surface area (Å²) in [6.45, 7) is 15.7. The van der Waals surface area contributed by atoms with Crippen molar-refractivity contribution < 1.29 is 15.3 Å². The van der Waals surface area contributed by atoms with Crippen molar-refractivity contribution in [3.8, 4) is 0 Å². The number of hydrogen-bond acceptors (Lipinski definition) is 3. The van der Waals surface area contributed by atoms with Crippen molar-refractivity contribution in [2.45, 2.75) is 104 Å². The minimum absolute atomic E-state index is 0.00549. The van der Waals surface area contributed by atoms with Gasteiger partial charge in [0, 0.05) is 0 Å². The maximum absolute atomic E-state index is 11.6. The SMILES string of the molecule is C=C(CC[C@@H](C)[C@H]1[C@@H](O)C[C@H]2[C@@H]3CC=C4C[C@@H](O)CC[C@]4(C)[C@H]3[C@H](O)C[C@]12C)C(C)C. The molecule has 176 valence electrons. The molecule has 3 N–H and O–H groups in total. The standard InChI is InChI=1S/C28H46O3/c1-16(2)17(3)7-8-18(4)25-23(30)14-22-21-10-9-19-13-20(29)11-12-27(19,5)26(21)24(31)15-28(22,25)6/h9,16,18,20-26,29-31H,3,7-8,10-15H2,1-2,4-6H3/t18-,20+,21+,22+,23+,24-,25+,26-,27+,28+/m1/s1. The van der Waals surface area contributed by atoms with Crippen LogP contribution in [0.5, 0.6) is 0 Å². The molecule has 3 saturated carbocycles. The molecule has 0 aromatic carbocycles. The Hall–Kier alpha value is -0.640. The molecular weight excluding hydrogens is 384 g/mol. The Bertz CT molecular complexity index is 726. The monoisotopic (exact) mass is 430 g/mol. The Balaban J connectivity index is 1.58. The molecule has 3 nitrogen and oxygen atoms in total. The average Bonchev–Trinajstić information content (AvgIpc) is 2.95. The summed E-state index contributed by atoms with van der Waals surface area (Å²) >= 11 is 0. The van der Waals surface area contributed by atoms with E-state index in [9.17, 15) is 15.3 Å². The third kappa shape index (κ3) is 3.77. The van der Waals surface area contributed by atoms with Gasteiger partial charge in [0.05, 0.1) is 18.3 Å². The topological polar surface area (TPSA) is 60.7 Å². The molecule has 3 heteroatoms. The molecule has 0 bridgehead atoms. The van der Waals surface area contributed by atoms with E-state index < -0.39 is 0 Å². The normalized spacial score (nSPS) is 47.9. The Morgan fingerprint density at radius 3 is 2.55 bits per heavy atom. The first kappa shape index (κ1) is 23.5. The van der Waals surface area contributed by atoms with Crippen LogP contribution in [0, 0.1) is 46.3 Å². The molecule has 0 saturated heterocycles. The second-order valence-corrected chi connectivity index (χ2v) is 12.5. The van der Waals surface area contributed by atoms with Crippen molar-refractivity contribution in [1.29, 1.82) is 0 Å². The molecule has 0 unspecified atom stereocenters. The van der Waals surface area contributed by atoms with Gasteiger partial charge in [0.2, 0.25) is 0 Å². The van der Waals surface area contributed by atoms with Gasteiger partial charge in [0.25, 0.3) is 0 Å². The fraction of sp³-hybridized carbons (Fsp3) is 0.857. The first-order chi connectivity index (χ1) is 14.5. The predicted molar refractivity (Wildman–Crippen MR) is 126 cm³/mol. The molecule has 0 aromatic rings. The van der Waals surface area contributed by atoms with Gasteiger partial charge in [-0.05, 0) is 97.7 Å². The highest BCUT2D eigenvalue weighted by Crippen LogP contribution is 2.67. The lowest BCUT2D eigenvalue weighted by atomic mass is 9.46. The summed E-state index contributed by atoms with van der Waals surface area (Å²) in [7, 11) is 0. The van der Waals surface area contributed by atoms with E-state index in [4.69, 9.17) is 0 Å². The summed E-state index contributed by atoms with van der Waals surface area (Å²) in [6, 6.07) is 0. The Kier molecular flexibility index (Phi) is 6.29. The van der Waals surface area contributed by atoms with Gasteiger partial charge in [-0.1, -0.05) is 58.4 Å². The first-order valence-electron chi connectivity index (χ1n) is 12.9. The highest BCUT2D eigenvalue weighted by molar-refractivity contribution is 5.27. The van der Waals surface area contributed by atoms with E-state index >= 15 is 0 Å². The fourth-order valence-corrected chi connectivity index (χ4v) is 8.74. The summed E-state index contributed by atoms with van der Waals surface area (Å²) in [5, 5.41) is 33.1. The van der Waals surface area contributed by atoms with Crippen LogP contribution in [0.15, 0.2) is 23.8 Å². The summed E-state index contributed by atoms with van der Waals surface area (Å²) in [5.74, 6) is 2.37. The molecule has 0 heterocycles. The van der Waals surface area contributed by atoms with Gasteiger partial charge in [0.1, 0.15) is 0 Å². The van der Waals surface area contributed by atoms with Crippen LogP contribution in [-0.4, -0.2) is 33.6 Å². The number of aliphatic hydroxyl groups is 3. The third-order valence-corrected chi connectivity index (χ3v) is 10.5. The number of aliphatic hydroxyl groups excluding tert-OH is 3. The largest absolute Gasteiger partial charge is 0.393 e. The highest BCUT2D eigenvalue weighted by Gasteiger charge is 2.64. The van der Waals surface area contributed by atoms with E-state index in [1.54, 1.807) is 0 Å². The summed E-state index contributed by atoms with van der Waals surface area (Å²) in [5.41, 5.74) is 2.69. The van der Waals surface area contributed by atoms with Gasteiger partial charge >= 0.3 is 0 Å². The third-order valence-electron chi connectivity index (χ3n) is 10.5. The molecule has 4 aliphatic rings. The van der Waals surface area contributed by atoms with Gasteiger partial charge in [-0.3, -0.25) is 0 Å². The molecule has 31 heavy (non-hydrogen) atoms. The maximum Gasteiger partial charge on any atom is 0.0585 e. The maximum atomic E-state index is 11.6. The van der Waals surface area contributed by atoms with Crippen molar-refractivity contribution in [2.24, 2.45) is 46.3 Å². The quantitative estimate of drug-likeness (QED) is 0.505. The van der Waals surface area contributed by atoms with Crippen LogP contribution in [0.25, 0.3) is 0 Å². The second kappa shape index (κ2) is 8.29. The zero-order valence-corrected chi connectivity index (χ0v) is 20.5. The lowest BCUT2D eigenvalue weighted by molar-refractivity contribution is -0.131. The van der Waals surface area contributed by atoms with Crippen LogP contribution in [0.3, 0.4) is 0 Å². The Morgan fingerprint density at radius 2 is 1.87 bits per heavy atom. The molecule has 3 fully saturated rings. The molecule has 0 aromatic heterocycles. The highest BCUT2D eigenvalue weighted by atomic mass is 16.3. The Morgan fingerprint density at radius 1 is 1.16 bits per heavy atom. The zero-order chi connectivity index (χ0) is 22.7. The smallest absolute Gasteiger partial charge is 0.0585 e. The lowest BCUT2D eigenvalue weighted by Crippen LogP contribution is -2.56. The van der Waals surface area contributed by atoms with Crippen molar-refractivity contribution in [2.75, 3.05) is 0 Å². The molecule has 4 rings (SSSR count). The van der Waals surface area contributed by atoms with Crippen LogP contribution >= 0.6 is 0 Å². The molecule has 0 radical (unpaired) electrons. The number of fused-ring (bicyclic) bond motifs is 5. The van der Waals surface area contributed by atoms with Gasteiger partial charge < -0.3 is 15.3 Å². The lowest BCUT2D eigenvalue weighted by Gasteiger charge is -2.60. The summed E-state index contributed by atoms with van der Waals surface area (Å²) in [4.78, 5) is 0. The van der Waals surface area contributed by atoms with Crippen LogP contribution in [-0.2, 0) is 0 Å². The average molecular weight is 431 g/mol. The van der Waals surface area contributed by atoms with Crippen molar-refractivity contribution in [3.63, 3.8) is 0 Å². The van der Waals surface area contributed by atoms with E-state index in [1.165, 1.54) is 11.1 Å². The minimum atomic E-state index is -0.319. The molecule has 4 aliphatic carbocycles. The number of rotatable bonds is 5. The zero-order valence-electron chi connectivity index (χ0n) is 20.5. The molecule has 10 atom stereocenters. The van der Waals surface area contributed by atoms with Gasteiger partial charge in [-0.2, -0.15) is 0 Å². The first-order valence-corrected chi connectivity index (χ1v) is 12.9. The summed E-state index contributed by atoms with van der Waals surface area (Å²) < 4.78 is 0. The van der Waals surface area contributed by atoms with Crippen molar-refractivity contribution in [3.05, 3.63) is 23.8 Å². The van der Waals surface area contributed by atoms with E-state index in [-0.39, 0.29) is 41.0 Å². The van der Waals surface area contributed by atoms with E-state index in [0.29, 0.717) is 23.7 Å². The molecular formula is C28H46O3. The van der Waals surface area contributed by atoms with E-state index in [1.807, 2.05) is 0 Å². The van der Waals surface area contributed by atoms with Crippen LogP contribution in [0.4, 0.5) is 0 Å². The van der Waals surface area contributed by atoms with Crippen LogP contribution < -0.4 is 0 Å². The predicted octanol–water partition coefficient (Wildman–Crippen LogP) is 5.50. The molecule has 0 spiro atoms. The number of allylic oxidation sites excluding steroid dienone is 2. The van der Waals surface area contributed by atoms with E-state index in [0.717, 1.165) is 51.4 Å². The molecule has 0 aliphatic heterocycles. The molecule has 0 amide bonds. The van der Waals surface area contributed by atoms with Crippen molar-refractivity contribution in [1.82, 2.24) is 0 Å². The Labute approximate surface area is 190 Å². The van der Waals surface area contributed by atoms with Gasteiger partial charge in [-0.15, -0.1) is 0 Å². The summed E-state index contributed by atoms with van der Waals surface area (Å²) in [6.07, 6.45) is 8.97. The van der Waals surface area contributed by atoms with Gasteiger partial charge in [0.15, 0.2) is 0 Å². The van der Waals surface area contributed by atoms with Gasteiger partial charge in [-0.25, -0.2) is 0 Å². The van der Waals surface area contributed by atoms with Crippen LogP contribution in [0.2, 0.25) is 0 Å². The fourth-order valence-electron chi connectivity index (χ4n) is 8.74. The second-order valence-electron chi connectivity index (χ2n) is 12.5. The minimum Gasteiger partial charge on any atom is -0.393 e. The van der Waals surface area contributed by atoms with Crippen molar-refractivity contribution >= 4 is 0 Å².